The number of rotatable bonds is 4. The normalized spacial score (nSPS) is 19.6. The summed E-state index contributed by atoms with van der Waals surface area (Å²) < 4.78 is 0. The molecule has 0 saturated carbocycles. The van der Waals surface area contributed by atoms with Crippen molar-refractivity contribution in [1.82, 2.24) is 10.2 Å². The molecule has 0 radical (unpaired) electrons. The molecule has 1 unspecified atom stereocenters. The molecular formula is C14H24N4. The molecule has 0 amide bonds. The lowest BCUT2D eigenvalue weighted by atomic mass is 10.0. The molecule has 100 valence electrons. The fourth-order valence-corrected chi connectivity index (χ4v) is 2.81. The lowest BCUT2D eigenvalue weighted by Crippen LogP contribution is -2.24. The van der Waals surface area contributed by atoms with Crippen LogP contribution in [0.15, 0.2) is 0 Å². The van der Waals surface area contributed by atoms with Crippen LogP contribution >= 0.6 is 0 Å². The summed E-state index contributed by atoms with van der Waals surface area (Å²) in [6.07, 6.45) is 3.85. The Labute approximate surface area is 110 Å². The molecule has 4 heteroatoms. The molecule has 1 aliphatic rings. The molecule has 2 N–H and O–H groups in total. The first-order valence-corrected chi connectivity index (χ1v) is 6.95. The third-order valence-electron chi connectivity index (χ3n) is 4.05. The summed E-state index contributed by atoms with van der Waals surface area (Å²) in [6.45, 7) is 9.09. The highest BCUT2D eigenvalue weighted by Gasteiger charge is 2.25. The van der Waals surface area contributed by atoms with E-state index >= 15 is 0 Å². The number of anilines is 1. The SMILES string of the molecule is CCCC1CCN(c2nnc(C)c(C)c2CN)C1. The van der Waals surface area contributed by atoms with Crippen LogP contribution in [0, 0.1) is 19.8 Å². The first-order valence-electron chi connectivity index (χ1n) is 6.95. The third kappa shape index (κ3) is 2.48. The van der Waals surface area contributed by atoms with Gasteiger partial charge in [-0.2, -0.15) is 5.10 Å². The molecular weight excluding hydrogens is 224 g/mol. The Kier molecular flexibility index (Phi) is 4.17. The Morgan fingerprint density at radius 1 is 1.33 bits per heavy atom. The summed E-state index contributed by atoms with van der Waals surface area (Å²) in [7, 11) is 0. The second-order valence-corrected chi connectivity index (χ2v) is 5.31. The van der Waals surface area contributed by atoms with E-state index in [2.05, 4.69) is 28.9 Å². The Morgan fingerprint density at radius 2 is 2.11 bits per heavy atom. The van der Waals surface area contributed by atoms with Crippen LogP contribution in [0.2, 0.25) is 0 Å². The largest absolute Gasteiger partial charge is 0.355 e. The summed E-state index contributed by atoms with van der Waals surface area (Å²) in [5.41, 5.74) is 9.24. The number of nitrogens with zero attached hydrogens (tertiary/aromatic N) is 3. The van der Waals surface area contributed by atoms with Crippen molar-refractivity contribution in [3.05, 3.63) is 16.8 Å². The highest BCUT2D eigenvalue weighted by atomic mass is 15.3. The van der Waals surface area contributed by atoms with Crippen LogP contribution in [0.4, 0.5) is 5.82 Å². The molecule has 1 fully saturated rings. The molecule has 1 aliphatic heterocycles. The van der Waals surface area contributed by atoms with E-state index < -0.39 is 0 Å². The lowest BCUT2D eigenvalue weighted by Gasteiger charge is -2.21. The van der Waals surface area contributed by atoms with Crippen LogP contribution < -0.4 is 10.6 Å². The minimum Gasteiger partial charge on any atom is -0.355 e. The Balaban J connectivity index is 2.21. The van der Waals surface area contributed by atoms with Crippen molar-refractivity contribution in [2.75, 3.05) is 18.0 Å². The van der Waals surface area contributed by atoms with E-state index in [9.17, 15) is 0 Å². The molecule has 2 heterocycles. The quantitative estimate of drug-likeness (QED) is 0.887. The highest BCUT2D eigenvalue weighted by Crippen LogP contribution is 2.28. The van der Waals surface area contributed by atoms with Gasteiger partial charge in [0.05, 0.1) is 5.69 Å². The van der Waals surface area contributed by atoms with Crippen LogP contribution in [0.5, 0.6) is 0 Å². The van der Waals surface area contributed by atoms with Crippen LogP contribution in [-0.4, -0.2) is 23.3 Å². The van der Waals surface area contributed by atoms with E-state index in [0.717, 1.165) is 30.5 Å². The zero-order chi connectivity index (χ0) is 13.1. The van der Waals surface area contributed by atoms with Gasteiger partial charge in [-0.1, -0.05) is 13.3 Å². The Morgan fingerprint density at radius 3 is 2.78 bits per heavy atom. The van der Waals surface area contributed by atoms with Gasteiger partial charge >= 0.3 is 0 Å². The van der Waals surface area contributed by atoms with Crippen LogP contribution in [-0.2, 0) is 6.54 Å². The summed E-state index contributed by atoms with van der Waals surface area (Å²) in [6, 6.07) is 0. The summed E-state index contributed by atoms with van der Waals surface area (Å²) in [4.78, 5) is 2.36. The van der Waals surface area contributed by atoms with Crippen molar-refractivity contribution in [2.24, 2.45) is 11.7 Å². The van der Waals surface area contributed by atoms with Crippen LogP contribution in [0.1, 0.15) is 43.0 Å². The van der Waals surface area contributed by atoms with Crippen molar-refractivity contribution in [2.45, 2.75) is 46.6 Å². The van der Waals surface area contributed by atoms with Gasteiger partial charge in [-0.15, -0.1) is 5.10 Å². The molecule has 0 aromatic carbocycles. The van der Waals surface area contributed by atoms with Gasteiger partial charge < -0.3 is 10.6 Å². The van der Waals surface area contributed by atoms with Crippen molar-refractivity contribution in [3.63, 3.8) is 0 Å². The van der Waals surface area contributed by atoms with Crippen molar-refractivity contribution >= 4 is 5.82 Å². The maximum Gasteiger partial charge on any atom is 0.156 e. The van der Waals surface area contributed by atoms with E-state index in [4.69, 9.17) is 5.73 Å². The first-order chi connectivity index (χ1) is 8.67. The van der Waals surface area contributed by atoms with Gasteiger partial charge in [0.2, 0.25) is 0 Å². The summed E-state index contributed by atoms with van der Waals surface area (Å²) in [5, 5.41) is 8.64. The number of nitrogens with two attached hydrogens (primary N) is 1. The molecule has 4 nitrogen and oxygen atoms in total. The maximum atomic E-state index is 5.89. The Bertz CT molecular complexity index is 417. The van der Waals surface area contributed by atoms with Gasteiger partial charge in [0.25, 0.3) is 0 Å². The molecule has 18 heavy (non-hydrogen) atoms. The molecule has 0 spiro atoms. The highest BCUT2D eigenvalue weighted by molar-refractivity contribution is 5.51. The van der Waals surface area contributed by atoms with Gasteiger partial charge in [-0.05, 0) is 38.2 Å². The van der Waals surface area contributed by atoms with Gasteiger partial charge in [0.1, 0.15) is 0 Å². The molecule has 0 aliphatic carbocycles. The molecule has 1 atom stereocenters. The smallest absolute Gasteiger partial charge is 0.156 e. The molecule has 1 aromatic heterocycles. The van der Waals surface area contributed by atoms with Crippen molar-refractivity contribution in [1.29, 1.82) is 0 Å². The molecule has 1 aromatic rings. The zero-order valence-electron chi connectivity index (χ0n) is 11.7. The lowest BCUT2D eigenvalue weighted by molar-refractivity contribution is 0.529. The molecule has 2 rings (SSSR count). The van der Waals surface area contributed by atoms with E-state index in [1.807, 2.05) is 6.92 Å². The molecule has 1 saturated heterocycles. The number of aryl methyl sites for hydroxylation is 1. The zero-order valence-corrected chi connectivity index (χ0v) is 11.7. The fourth-order valence-electron chi connectivity index (χ4n) is 2.81. The number of hydrogen-bond donors (Lipinski definition) is 1. The number of aromatic nitrogens is 2. The predicted molar refractivity (Wildman–Crippen MR) is 74.6 cm³/mol. The average Bonchev–Trinajstić information content (AvgIpc) is 2.81. The second-order valence-electron chi connectivity index (χ2n) is 5.31. The third-order valence-corrected chi connectivity index (χ3v) is 4.05. The van der Waals surface area contributed by atoms with Gasteiger partial charge in [0.15, 0.2) is 5.82 Å². The van der Waals surface area contributed by atoms with Crippen molar-refractivity contribution in [3.8, 4) is 0 Å². The average molecular weight is 248 g/mol. The van der Waals surface area contributed by atoms with Crippen LogP contribution in [0.3, 0.4) is 0 Å². The topological polar surface area (TPSA) is 55.0 Å². The van der Waals surface area contributed by atoms with Gasteiger partial charge in [-0.25, -0.2) is 0 Å². The Hall–Kier alpha value is -1.16. The monoisotopic (exact) mass is 248 g/mol. The maximum absolute atomic E-state index is 5.89. The fraction of sp³-hybridized carbons (Fsp3) is 0.714. The van der Waals surface area contributed by atoms with Crippen molar-refractivity contribution < 1.29 is 0 Å². The van der Waals surface area contributed by atoms with Crippen LogP contribution in [0.25, 0.3) is 0 Å². The van der Waals surface area contributed by atoms with E-state index in [1.54, 1.807) is 0 Å². The minimum absolute atomic E-state index is 0.548. The molecule has 0 bridgehead atoms. The van der Waals surface area contributed by atoms with Gasteiger partial charge in [-0.3, -0.25) is 0 Å². The van der Waals surface area contributed by atoms with E-state index in [-0.39, 0.29) is 0 Å². The minimum atomic E-state index is 0.548. The predicted octanol–water partition coefficient (Wildman–Crippen LogP) is 2.18. The summed E-state index contributed by atoms with van der Waals surface area (Å²) >= 11 is 0. The van der Waals surface area contributed by atoms with E-state index in [1.165, 1.54) is 30.4 Å². The standard InChI is InChI=1S/C14H24N4/c1-4-5-12-6-7-18(9-12)14-13(8-15)10(2)11(3)16-17-14/h12H,4-9,15H2,1-3H3. The summed E-state index contributed by atoms with van der Waals surface area (Å²) in [5.74, 6) is 1.82. The van der Waals surface area contributed by atoms with Gasteiger partial charge in [0, 0.05) is 25.2 Å². The number of hydrogen-bond acceptors (Lipinski definition) is 4. The van der Waals surface area contributed by atoms with E-state index in [0.29, 0.717) is 6.54 Å². The second kappa shape index (κ2) is 5.65. The first kappa shape index (κ1) is 13.3.